The number of rotatable bonds is 8. The summed E-state index contributed by atoms with van der Waals surface area (Å²) in [5.41, 5.74) is 2.16. The van der Waals surface area contributed by atoms with Gasteiger partial charge in [-0.05, 0) is 67.8 Å². The average Bonchev–Trinajstić information content (AvgIpc) is 3.14. The highest BCUT2D eigenvalue weighted by molar-refractivity contribution is 6.51. The molecule has 3 aromatic rings. The number of hydrogen-bond acceptors (Lipinski definition) is 6. The number of ketones is 1. The third-order valence-corrected chi connectivity index (χ3v) is 5.84. The second kappa shape index (κ2) is 10.6. The molecule has 4 rings (SSSR count). The van der Waals surface area contributed by atoms with E-state index in [0.29, 0.717) is 47.6 Å². The van der Waals surface area contributed by atoms with Gasteiger partial charge in [0.25, 0.3) is 11.7 Å². The van der Waals surface area contributed by atoms with Crippen LogP contribution in [0.25, 0.3) is 5.76 Å². The van der Waals surface area contributed by atoms with Crippen molar-refractivity contribution in [2.45, 2.75) is 33.7 Å². The van der Waals surface area contributed by atoms with Crippen LogP contribution in [0.5, 0.6) is 11.5 Å². The Balaban J connectivity index is 1.83. The Bertz CT molecular complexity index is 1300. The Morgan fingerprint density at radius 2 is 1.86 bits per heavy atom. The molecule has 0 bridgehead atoms. The van der Waals surface area contributed by atoms with Gasteiger partial charge in [-0.15, -0.1) is 0 Å². The Morgan fingerprint density at radius 1 is 1.06 bits per heavy atom. The maximum Gasteiger partial charge on any atom is 0.300 e. The topological polar surface area (TPSA) is 89.0 Å². The third kappa shape index (κ3) is 4.96. The van der Waals surface area contributed by atoms with E-state index in [1.54, 1.807) is 66.9 Å². The van der Waals surface area contributed by atoms with Gasteiger partial charge < -0.3 is 14.6 Å². The number of aliphatic hydroxyl groups excluding tert-OH is 1. The lowest BCUT2D eigenvalue weighted by atomic mass is 9.97. The molecule has 7 nitrogen and oxygen atoms in total. The summed E-state index contributed by atoms with van der Waals surface area (Å²) in [5, 5.41) is 11.4. The fraction of sp³-hybridized carbons (Fsp3) is 0.276. The Kier molecular flexibility index (Phi) is 7.38. The van der Waals surface area contributed by atoms with Crippen LogP contribution in [0.3, 0.4) is 0 Å². The van der Waals surface area contributed by atoms with E-state index < -0.39 is 17.7 Å². The number of aryl methyl sites for hydroxylation is 1. The van der Waals surface area contributed by atoms with Crippen LogP contribution in [-0.2, 0) is 9.59 Å². The lowest BCUT2D eigenvalue weighted by molar-refractivity contribution is -0.132. The van der Waals surface area contributed by atoms with Gasteiger partial charge in [-0.1, -0.05) is 26.0 Å². The minimum absolute atomic E-state index is 0.0178. The van der Waals surface area contributed by atoms with Gasteiger partial charge >= 0.3 is 0 Å². The molecule has 7 heteroatoms. The molecule has 1 aliphatic heterocycles. The number of carbonyl (C=O) groups is 2. The van der Waals surface area contributed by atoms with Gasteiger partial charge in [-0.2, -0.15) is 0 Å². The highest BCUT2D eigenvalue weighted by atomic mass is 16.5. The van der Waals surface area contributed by atoms with Crippen LogP contribution in [0, 0.1) is 12.8 Å². The molecule has 1 fully saturated rings. The maximum absolute atomic E-state index is 13.3. The molecular weight excluding hydrogens is 456 g/mol. The van der Waals surface area contributed by atoms with Crippen molar-refractivity contribution in [3.63, 3.8) is 0 Å². The normalized spacial score (nSPS) is 17.0. The predicted molar refractivity (Wildman–Crippen MR) is 138 cm³/mol. The van der Waals surface area contributed by atoms with Gasteiger partial charge in [0.1, 0.15) is 23.3 Å². The van der Waals surface area contributed by atoms with E-state index >= 15 is 0 Å². The molecule has 1 aromatic heterocycles. The molecule has 1 aliphatic rings. The van der Waals surface area contributed by atoms with Crippen molar-refractivity contribution in [3.05, 3.63) is 89.3 Å². The van der Waals surface area contributed by atoms with Crippen molar-refractivity contribution in [1.82, 2.24) is 4.98 Å². The zero-order valence-electron chi connectivity index (χ0n) is 20.9. The lowest BCUT2D eigenvalue weighted by Crippen LogP contribution is -2.29. The summed E-state index contributed by atoms with van der Waals surface area (Å²) in [6.45, 7) is 8.90. The first-order chi connectivity index (χ1) is 17.3. The third-order valence-electron chi connectivity index (χ3n) is 5.84. The highest BCUT2D eigenvalue weighted by Gasteiger charge is 2.47. The smallest absolute Gasteiger partial charge is 0.300 e. The Morgan fingerprint density at radius 3 is 2.53 bits per heavy atom. The predicted octanol–water partition coefficient (Wildman–Crippen LogP) is 5.45. The van der Waals surface area contributed by atoms with Crippen molar-refractivity contribution in [3.8, 4) is 11.5 Å². The largest absolute Gasteiger partial charge is 0.507 e. The van der Waals surface area contributed by atoms with E-state index in [2.05, 4.69) is 18.8 Å². The number of Topliss-reactive ketones (excluding diaryl/α,β-unsaturated/α-hetero) is 1. The number of amides is 1. The summed E-state index contributed by atoms with van der Waals surface area (Å²) >= 11 is 0. The molecule has 186 valence electrons. The molecule has 2 aromatic carbocycles. The van der Waals surface area contributed by atoms with Crippen molar-refractivity contribution in [2.75, 3.05) is 18.1 Å². The van der Waals surface area contributed by atoms with E-state index in [9.17, 15) is 14.7 Å². The second-order valence-electron chi connectivity index (χ2n) is 9.04. The summed E-state index contributed by atoms with van der Waals surface area (Å²) in [5.74, 6) is -0.129. The van der Waals surface area contributed by atoms with Crippen LogP contribution in [0.1, 0.15) is 43.6 Å². The highest BCUT2D eigenvalue weighted by Crippen LogP contribution is 2.42. The SMILES string of the molecule is CCOc1cccc(N2C(=O)C(=O)/C(=C(/O)c3ccc(OCC(C)C)c(C)c3)C2c2ccccn2)c1. The quantitative estimate of drug-likeness (QED) is 0.259. The molecule has 0 saturated carbocycles. The van der Waals surface area contributed by atoms with Crippen LogP contribution in [0.15, 0.2) is 72.4 Å². The summed E-state index contributed by atoms with van der Waals surface area (Å²) in [7, 11) is 0. The monoisotopic (exact) mass is 486 g/mol. The first-order valence-electron chi connectivity index (χ1n) is 12.0. The van der Waals surface area contributed by atoms with Crippen molar-refractivity contribution < 1.29 is 24.2 Å². The number of benzene rings is 2. The molecular formula is C29H30N2O5. The number of aliphatic hydroxyl groups is 1. The molecule has 2 heterocycles. The van der Waals surface area contributed by atoms with Gasteiger partial charge in [-0.3, -0.25) is 19.5 Å². The number of anilines is 1. The van der Waals surface area contributed by atoms with Crippen LogP contribution < -0.4 is 14.4 Å². The molecule has 1 atom stereocenters. The minimum atomic E-state index is -0.903. The van der Waals surface area contributed by atoms with Crippen molar-refractivity contribution >= 4 is 23.1 Å². The Labute approximate surface area is 211 Å². The van der Waals surface area contributed by atoms with E-state index in [0.717, 1.165) is 5.56 Å². The van der Waals surface area contributed by atoms with Gasteiger partial charge in [0.05, 0.1) is 24.5 Å². The molecule has 1 unspecified atom stereocenters. The Hall–Kier alpha value is -4.13. The first-order valence-corrected chi connectivity index (χ1v) is 12.0. The number of pyridine rings is 1. The molecule has 36 heavy (non-hydrogen) atoms. The van der Waals surface area contributed by atoms with Gasteiger partial charge in [-0.25, -0.2) is 0 Å². The number of ether oxygens (including phenoxy) is 2. The number of hydrogen-bond donors (Lipinski definition) is 1. The van der Waals surface area contributed by atoms with E-state index in [-0.39, 0.29) is 11.3 Å². The molecule has 1 amide bonds. The molecule has 0 aliphatic carbocycles. The van der Waals surface area contributed by atoms with Crippen LogP contribution in [0.2, 0.25) is 0 Å². The van der Waals surface area contributed by atoms with Crippen molar-refractivity contribution in [1.29, 1.82) is 0 Å². The summed E-state index contributed by atoms with van der Waals surface area (Å²) in [6.07, 6.45) is 1.59. The van der Waals surface area contributed by atoms with Crippen LogP contribution >= 0.6 is 0 Å². The van der Waals surface area contributed by atoms with Gasteiger partial charge in [0, 0.05) is 23.5 Å². The van der Waals surface area contributed by atoms with Crippen molar-refractivity contribution in [2.24, 2.45) is 5.92 Å². The molecule has 0 radical (unpaired) electrons. The maximum atomic E-state index is 13.3. The zero-order valence-corrected chi connectivity index (χ0v) is 20.9. The minimum Gasteiger partial charge on any atom is -0.507 e. The standard InChI is InChI=1S/C29H30N2O5/c1-5-35-22-10-8-9-21(16-22)31-26(23-11-6-7-14-30-23)25(28(33)29(31)34)27(32)20-12-13-24(19(4)15-20)36-17-18(2)3/h6-16,18,26,32H,5,17H2,1-4H3/b27-25+. The number of nitrogens with zero attached hydrogens (tertiary/aromatic N) is 2. The molecule has 1 saturated heterocycles. The van der Waals surface area contributed by atoms with E-state index in [4.69, 9.17) is 9.47 Å². The van der Waals surface area contributed by atoms with E-state index in [1.807, 2.05) is 13.8 Å². The fourth-order valence-electron chi connectivity index (χ4n) is 4.18. The zero-order chi connectivity index (χ0) is 25.8. The molecule has 1 N–H and O–H groups in total. The van der Waals surface area contributed by atoms with E-state index in [1.165, 1.54) is 4.90 Å². The molecule has 0 spiro atoms. The second-order valence-corrected chi connectivity index (χ2v) is 9.04. The average molecular weight is 487 g/mol. The van der Waals surface area contributed by atoms with Gasteiger partial charge in [0.15, 0.2) is 0 Å². The lowest BCUT2D eigenvalue weighted by Gasteiger charge is -2.25. The van der Waals surface area contributed by atoms with Crippen LogP contribution in [0.4, 0.5) is 5.69 Å². The number of aromatic nitrogens is 1. The summed E-state index contributed by atoms with van der Waals surface area (Å²) < 4.78 is 11.4. The number of carbonyl (C=O) groups excluding carboxylic acids is 2. The van der Waals surface area contributed by atoms with Crippen LogP contribution in [-0.4, -0.2) is 35.0 Å². The fourth-order valence-corrected chi connectivity index (χ4v) is 4.18. The summed E-state index contributed by atoms with van der Waals surface area (Å²) in [6, 6.07) is 16.6. The van der Waals surface area contributed by atoms with Gasteiger partial charge in [0.2, 0.25) is 0 Å². The first kappa shape index (κ1) is 25.0. The summed E-state index contributed by atoms with van der Waals surface area (Å²) in [4.78, 5) is 32.4.